The van der Waals surface area contributed by atoms with E-state index >= 15 is 0 Å². The zero-order valence-corrected chi connectivity index (χ0v) is 26.5. The maximum Gasteiger partial charge on any atom is 0.164 e. The van der Waals surface area contributed by atoms with Crippen LogP contribution in [-0.4, -0.2) is 15.0 Å². The molecule has 0 saturated heterocycles. The van der Waals surface area contributed by atoms with Gasteiger partial charge in [0.25, 0.3) is 0 Å². The van der Waals surface area contributed by atoms with E-state index in [-0.39, 0.29) is 81.0 Å². The number of benzene rings is 7. The molecule has 0 radical (unpaired) electrons. The minimum Gasteiger partial charge on any atom is -0.456 e. The maximum absolute atomic E-state index is 9.55. The van der Waals surface area contributed by atoms with Crippen LogP contribution in [0.5, 0.6) is 0 Å². The van der Waals surface area contributed by atoms with Crippen LogP contribution < -0.4 is 0 Å². The first-order valence-electron chi connectivity index (χ1n) is 19.4. The molecule has 0 fully saturated rings. The van der Waals surface area contributed by atoms with Gasteiger partial charge in [-0.2, -0.15) is 0 Å². The van der Waals surface area contributed by atoms with Crippen molar-refractivity contribution in [2.45, 2.75) is 0 Å². The number of hydrogen-bond acceptors (Lipinski definition) is 6. The van der Waals surface area contributed by atoms with Gasteiger partial charge in [-0.3, -0.25) is 0 Å². The molecule has 6 nitrogen and oxygen atoms in total. The summed E-state index contributed by atoms with van der Waals surface area (Å²) in [6.45, 7) is 0. The number of para-hydroxylation sites is 4. The lowest BCUT2D eigenvalue weighted by Gasteiger charge is -2.08. The van der Waals surface area contributed by atoms with Crippen LogP contribution in [0.2, 0.25) is 0 Å². The Bertz CT molecular complexity index is 3500. The fourth-order valence-electron chi connectivity index (χ4n) is 6.86. The molecule has 0 aliphatic rings. The Labute approximate surface area is 298 Å². The van der Waals surface area contributed by atoms with E-state index in [2.05, 4.69) is 0 Å². The number of fused-ring (bicyclic) bond motifs is 9. The highest BCUT2D eigenvalue weighted by atomic mass is 16.3. The monoisotopic (exact) mass is 661 g/mol. The van der Waals surface area contributed by atoms with Gasteiger partial charge < -0.3 is 13.3 Å². The number of aromatic nitrogens is 3. The normalized spacial score (nSPS) is 13.6. The quantitative estimate of drug-likeness (QED) is 0.187. The van der Waals surface area contributed by atoms with Gasteiger partial charge in [-0.25, -0.2) is 15.0 Å². The summed E-state index contributed by atoms with van der Waals surface area (Å²) in [7, 11) is 0. The molecule has 11 aromatic rings. The molecule has 4 heterocycles. The van der Waals surface area contributed by atoms with Crippen LogP contribution in [0.25, 0.3) is 111 Å². The molecule has 0 spiro atoms. The fourth-order valence-corrected chi connectivity index (χ4v) is 6.86. The lowest BCUT2D eigenvalue weighted by Crippen LogP contribution is -2.00. The van der Waals surface area contributed by atoms with E-state index < -0.39 is 0 Å². The Balaban J connectivity index is 1.18. The average Bonchev–Trinajstić information content (AvgIpc) is 3.95. The van der Waals surface area contributed by atoms with Crippen LogP contribution >= 0.6 is 0 Å². The molecule has 238 valence electrons. The summed E-state index contributed by atoms with van der Waals surface area (Å²) >= 11 is 0. The number of hydrogen-bond donors (Lipinski definition) is 0. The molecule has 0 bridgehead atoms. The van der Waals surface area contributed by atoms with Crippen molar-refractivity contribution in [3.8, 4) is 45.3 Å². The second-order valence-electron chi connectivity index (χ2n) is 12.3. The van der Waals surface area contributed by atoms with Gasteiger partial charge in [0.2, 0.25) is 0 Å². The van der Waals surface area contributed by atoms with E-state index in [9.17, 15) is 4.11 Å². The molecule has 0 atom stereocenters. The largest absolute Gasteiger partial charge is 0.456 e. The highest BCUT2D eigenvalue weighted by molar-refractivity contribution is 6.15. The zero-order valence-electron chi connectivity index (χ0n) is 32.5. The summed E-state index contributed by atoms with van der Waals surface area (Å²) < 4.78 is 74.0. The molecule has 6 heteroatoms. The molecule has 0 aliphatic carbocycles. The Hall–Kier alpha value is -7.05. The van der Waals surface area contributed by atoms with Crippen LogP contribution in [0, 0.1) is 0 Å². The number of rotatable bonds is 4. The molecule has 4 aromatic heterocycles. The molecular weight excluding hydrogens is 631 g/mol. The topological polar surface area (TPSA) is 78.1 Å². The third kappa shape index (κ3) is 4.33. The van der Waals surface area contributed by atoms with Crippen molar-refractivity contribution in [2.24, 2.45) is 0 Å². The van der Waals surface area contributed by atoms with Crippen LogP contribution in [-0.2, 0) is 0 Å². The smallest absolute Gasteiger partial charge is 0.164 e. The molecule has 7 aromatic carbocycles. The summed E-state index contributed by atoms with van der Waals surface area (Å²) in [5.74, 6) is 0.575. The van der Waals surface area contributed by atoms with E-state index in [1.54, 1.807) is 6.07 Å². The van der Waals surface area contributed by atoms with Crippen LogP contribution in [0.4, 0.5) is 0 Å². The lowest BCUT2D eigenvalue weighted by atomic mass is 10.00. The molecule has 11 rings (SSSR count). The Morgan fingerprint density at radius 1 is 0.392 bits per heavy atom. The molecular formula is C45H25N3O3. The van der Waals surface area contributed by atoms with Gasteiger partial charge in [0.1, 0.15) is 33.5 Å². The number of furan rings is 3. The first-order valence-corrected chi connectivity index (χ1v) is 16.4. The third-order valence-corrected chi connectivity index (χ3v) is 9.26. The Morgan fingerprint density at radius 3 is 1.88 bits per heavy atom. The van der Waals surface area contributed by atoms with Crippen molar-refractivity contribution in [1.29, 1.82) is 0 Å². The van der Waals surface area contributed by atoms with E-state index in [0.717, 1.165) is 27.1 Å². The van der Waals surface area contributed by atoms with E-state index in [0.29, 0.717) is 39.3 Å². The van der Waals surface area contributed by atoms with Crippen molar-refractivity contribution in [1.82, 2.24) is 15.0 Å². The van der Waals surface area contributed by atoms with Crippen molar-refractivity contribution < 1.29 is 21.5 Å². The third-order valence-electron chi connectivity index (χ3n) is 9.26. The second-order valence-corrected chi connectivity index (χ2v) is 12.3. The van der Waals surface area contributed by atoms with Gasteiger partial charge in [-0.15, -0.1) is 0 Å². The van der Waals surface area contributed by atoms with Crippen LogP contribution in [0.15, 0.2) is 165 Å². The fraction of sp³-hybridized carbons (Fsp3) is 0. The standard InChI is InChI=1S/C45H25N3O3/c1-2-10-26(11-3-1)43-46-44(27-21-23-39-36(24-27)30-13-5-6-18-37(30)49-39)48-45(47-43)28-20-22-31-33-15-9-17-35(42(33)51-40(31)25-28)34-16-8-14-32-29-12-4-7-19-38(29)50-41(32)34/h1-25H/i9D,15D,17D,20D,22D,25D. The van der Waals surface area contributed by atoms with Gasteiger partial charge in [-0.1, -0.05) is 109 Å². The maximum atomic E-state index is 9.55. The first-order chi connectivity index (χ1) is 27.8. The van der Waals surface area contributed by atoms with Crippen LogP contribution in [0.3, 0.4) is 0 Å². The SMILES string of the molecule is [2H]c1c([2H])c([2H])c2c(oc3c([2H])c(-c4nc(-c5ccccc5)nc(-c5ccc6oc7ccccc7c6c5)n4)c([2H])c([2H])c32)c1-c1cccc2c1oc1ccccc12. The highest BCUT2D eigenvalue weighted by Gasteiger charge is 2.19. The molecule has 0 aliphatic heterocycles. The summed E-state index contributed by atoms with van der Waals surface area (Å²) in [5.41, 5.74) is 4.44. The molecule has 51 heavy (non-hydrogen) atoms. The zero-order chi connectivity index (χ0) is 38.7. The van der Waals surface area contributed by atoms with Gasteiger partial charge in [0.15, 0.2) is 17.5 Å². The van der Waals surface area contributed by atoms with E-state index in [4.69, 9.17) is 32.3 Å². The predicted molar refractivity (Wildman–Crippen MR) is 203 cm³/mol. The van der Waals surface area contributed by atoms with Gasteiger partial charge >= 0.3 is 0 Å². The van der Waals surface area contributed by atoms with Crippen LogP contribution in [0.1, 0.15) is 8.22 Å². The van der Waals surface area contributed by atoms with Crippen molar-refractivity contribution in [3.63, 3.8) is 0 Å². The summed E-state index contributed by atoms with van der Waals surface area (Å²) in [5, 5.41) is 3.56. The summed E-state index contributed by atoms with van der Waals surface area (Å²) in [4.78, 5) is 14.5. The Kier molecular flexibility index (Phi) is 4.74. The first kappa shape index (κ1) is 22.6. The molecule has 0 amide bonds. The van der Waals surface area contributed by atoms with E-state index in [1.807, 2.05) is 109 Å². The van der Waals surface area contributed by atoms with Gasteiger partial charge in [0, 0.05) is 60.1 Å². The highest BCUT2D eigenvalue weighted by Crippen LogP contribution is 2.42. The predicted octanol–water partition coefficient (Wildman–Crippen LogP) is 12.2. The van der Waals surface area contributed by atoms with Crippen molar-refractivity contribution >= 4 is 65.8 Å². The summed E-state index contributed by atoms with van der Waals surface area (Å²) in [6, 6.07) is 33.8. The van der Waals surface area contributed by atoms with Crippen molar-refractivity contribution in [3.05, 3.63) is 152 Å². The minimum atomic E-state index is -0.383. The van der Waals surface area contributed by atoms with E-state index in [1.165, 1.54) is 0 Å². The van der Waals surface area contributed by atoms with Gasteiger partial charge in [0.05, 0.1) is 8.22 Å². The Morgan fingerprint density at radius 2 is 1.04 bits per heavy atom. The summed E-state index contributed by atoms with van der Waals surface area (Å²) in [6.07, 6.45) is 0. The van der Waals surface area contributed by atoms with Crippen molar-refractivity contribution in [2.75, 3.05) is 0 Å². The number of nitrogens with zero attached hydrogens (tertiary/aromatic N) is 3. The lowest BCUT2D eigenvalue weighted by molar-refractivity contribution is 0.665. The second kappa shape index (κ2) is 10.7. The molecule has 0 N–H and O–H groups in total. The molecule has 0 saturated carbocycles. The minimum absolute atomic E-state index is 0.0115. The van der Waals surface area contributed by atoms with Gasteiger partial charge in [-0.05, 0) is 42.4 Å². The molecule has 0 unspecified atom stereocenters. The average molecular weight is 662 g/mol.